The summed E-state index contributed by atoms with van der Waals surface area (Å²) in [5, 5.41) is 6.64. The molecule has 0 unspecified atom stereocenters. The fourth-order valence-corrected chi connectivity index (χ4v) is 2.89. The molecule has 0 saturated carbocycles. The molecule has 160 valence electrons. The Labute approximate surface area is 185 Å². The van der Waals surface area contributed by atoms with E-state index in [9.17, 15) is 0 Å². The van der Waals surface area contributed by atoms with Gasteiger partial charge in [-0.25, -0.2) is 4.99 Å². The Kier molecular flexibility index (Phi) is 12.4. The Hall–Kier alpha value is -1.10. The van der Waals surface area contributed by atoms with Crippen LogP contribution < -0.4 is 15.4 Å². The van der Waals surface area contributed by atoms with E-state index in [1.54, 1.807) is 14.2 Å². The van der Waals surface area contributed by atoms with Gasteiger partial charge in [-0.2, -0.15) is 0 Å². The van der Waals surface area contributed by atoms with Crippen molar-refractivity contribution < 1.29 is 18.9 Å². The second kappa shape index (κ2) is 14.0. The zero-order valence-corrected chi connectivity index (χ0v) is 19.5. The lowest BCUT2D eigenvalue weighted by atomic mass is 9.94. The molecule has 0 radical (unpaired) electrons. The molecule has 0 atom stereocenters. The zero-order chi connectivity index (χ0) is 19.4. The van der Waals surface area contributed by atoms with Gasteiger partial charge in [0.2, 0.25) is 0 Å². The molecule has 1 aliphatic rings. The molecule has 1 fully saturated rings. The minimum Gasteiger partial charge on any atom is -0.493 e. The van der Waals surface area contributed by atoms with E-state index in [-0.39, 0.29) is 29.6 Å². The first-order chi connectivity index (χ1) is 13.2. The molecule has 0 bridgehead atoms. The number of halogens is 1. The number of guanidine groups is 1. The van der Waals surface area contributed by atoms with Crippen molar-refractivity contribution >= 4 is 35.6 Å². The van der Waals surface area contributed by atoms with Gasteiger partial charge in [-0.3, -0.25) is 0 Å². The Morgan fingerprint density at radius 2 is 2.00 bits per heavy atom. The van der Waals surface area contributed by atoms with Crippen LogP contribution in [0.5, 0.6) is 5.75 Å². The van der Waals surface area contributed by atoms with Crippen molar-refractivity contribution in [3.63, 3.8) is 0 Å². The minimum absolute atomic E-state index is 0. The third kappa shape index (κ3) is 8.50. The van der Waals surface area contributed by atoms with Gasteiger partial charge in [0.1, 0.15) is 5.75 Å². The van der Waals surface area contributed by atoms with Crippen LogP contribution in [0.2, 0.25) is 0 Å². The van der Waals surface area contributed by atoms with E-state index in [2.05, 4.69) is 10.6 Å². The number of hydrogen-bond acceptors (Lipinski definition) is 5. The predicted octanol–water partition coefficient (Wildman–Crippen LogP) is 3.29. The number of nitrogens with one attached hydrogen (secondary N) is 2. The van der Waals surface area contributed by atoms with Gasteiger partial charge < -0.3 is 29.6 Å². The maximum Gasteiger partial charge on any atom is 0.195 e. The number of anilines is 1. The molecule has 0 aromatic heterocycles. The molecule has 7 nitrogen and oxygen atoms in total. The normalized spacial score (nSPS) is 16.2. The monoisotopic (exact) mass is 507 g/mol. The van der Waals surface area contributed by atoms with Crippen LogP contribution in [-0.2, 0) is 14.2 Å². The maximum absolute atomic E-state index is 5.77. The first kappa shape index (κ1) is 24.9. The lowest BCUT2D eigenvalue weighted by molar-refractivity contribution is -0.0828. The number of benzene rings is 1. The SMILES string of the molecule is CCNC(=NCC1(OC)CCOCC1)Nc1cccc(OCCCOC)c1.I. The third-order valence-corrected chi connectivity index (χ3v) is 4.56. The average Bonchev–Trinajstić information content (AvgIpc) is 2.71. The van der Waals surface area contributed by atoms with E-state index in [4.69, 9.17) is 23.9 Å². The summed E-state index contributed by atoms with van der Waals surface area (Å²) < 4.78 is 22.0. The van der Waals surface area contributed by atoms with Gasteiger partial charge in [-0.05, 0) is 19.1 Å². The second-order valence-corrected chi connectivity index (χ2v) is 6.54. The number of ether oxygens (including phenoxy) is 4. The van der Waals surface area contributed by atoms with Crippen LogP contribution in [0.15, 0.2) is 29.3 Å². The first-order valence-corrected chi connectivity index (χ1v) is 9.61. The van der Waals surface area contributed by atoms with Crippen LogP contribution in [0, 0.1) is 0 Å². The summed E-state index contributed by atoms with van der Waals surface area (Å²) in [7, 11) is 3.45. The molecule has 1 saturated heterocycles. The van der Waals surface area contributed by atoms with Gasteiger partial charge in [0.15, 0.2) is 5.96 Å². The standard InChI is InChI=1S/C20H33N3O4.HI/c1-4-21-19(22-16-20(25-3)9-13-26-14-10-20)23-17-7-5-8-18(15-17)27-12-6-11-24-2;/h5,7-8,15H,4,6,9-14,16H2,1-3H3,(H2,21,22,23);1H. The number of rotatable bonds is 10. The van der Waals surface area contributed by atoms with E-state index >= 15 is 0 Å². The number of hydrogen-bond donors (Lipinski definition) is 2. The number of nitrogens with zero attached hydrogens (tertiary/aromatic N) is 1. The smallest absolute Gasteiger partial charge is 0.195 e. The molecular weight excluding hydrogens is 473 g/mol. The number of methoxy groups -OCH3 is 2. The molecule has 0 aliphatic carbocycles. The Bertz CT molecular complexity index is 580. The molecular formula is C20H34IN3O4. The van der Waals surface area contributed by atoms with Crippen molar-refractivity contribution in [1.82, 2.24) is 5.32 Å². The summed E-state index contributed by atoms with van der Waals surface area (Å²) in [4.78, 5) is 4.75. The highest BCUT2D eigenvalue weighted by Crippen LogP contribution is 2.25. The van der Waals surface area contributed by atoms with Crippen LogP contribution in [0.3, 0.4) is 0 Å². The van der Waals surface area contributed by atoms with Crippen LogP contribution in [0.25, 0.3) is 0 Å². The van der Waals surface area contributed by atoms with Gasteiger partial charge in [0, 0.05) is 71.6 Å². The van der Waals surface area contributed by atoms with E-state index < -0.39 is 0 Å². The maximum atomic E-state index is 5.77. The molecule has 28 heavy (non-hydrogen) atoms. The fraction of sp³-hybridized carbons (Fsp3) is 0.650. The lowest BCUT2D eigenvalue weighted by Gasteiger charge is -2.34. The van der Waals surface area contributed by atoms with Gasteiger partial charge >= 0.3 is 0 Å². The topological polar surface area (TPSA) is 73.3 Å². The second-order valence-electron chi connectivity index (χ2n) is 6.54. The van der Waals surface area contributed by atoms with Crippen molar-refractivity contribution in [1.29, 1.82) is 0 Å². The summed E-state index contributed by atoms with van der Waals surface area (Å²) in [6.45, 7) is 6.18. The average molecular weight is 507 g/mol. The highest BCUT2D eigenvalue weighted by molar-refractivity contribution is 14.0. The van der Waals surface area contributed by atoms with Crippen LogP contribution in [0.1, 0.15) is 26.2 Å². The van der Waals surface area contributed by atoms with Crippen LogP contribution in [-0.4, -0.2) is 65.3 Å². The van der Waals surface area contributed by atoms with Gasteiger partial charge in [-0.15, -0.1) is 24.0 Å². The summed E-state index contributed by atoms with van der Waals surface area (Å²) in [5.74, 6) is 1.56. The van der Waals surface area contributed by atoms with Crippen LogP contribution >= 0.6 is 24.0 Å². The molecule has 0 amide bonds. The highest BCUT2D eigenvalue weighted by Gasteiger charge is 2.32. The Morgan fingerprint density at radius 1 is 1.21 bits per heavy atom. The van der Waals surface area contributed by atoms with E-state index in [1.165, 1.54) is 0 Å². The van der Waals surface area contributed by atoms with Gasteiger partial charge in [0.25, 0.3) is 0 Å². The van der Waals surface area contributed by atoms with Gasteiger partial charge in [0.05, 0.1) is 18.8 Å². The Morgan fingerprint density at radius 3 is 2.68 bits per heavy atom. The van der Waals surface area contributed by atoms with Crippen LogP contribution in [0.4, 0.5) is 5.69 Å². The molecule has 1 heterocycles. The van der Waals surface area contributed by atoms with Crippen molar-refractivity contribution in [3.8, 4) is 5.75 Å². The molecule has 0 spiro atoms. The molecule has 1 aromatic carbocycles. The summed E-state index contributed by atoms with van der Waals surface area (Å²) >= 11 is 0. The van der Waals surface area contributed by atoms with Crippen molar-refractivity contribution in [2.75, 3.05) is 59.1 Å². The predicted molar refractivity (Wildman–Crippen MR) is 123 cm³/mol. The molecule has 1 aromatic rings. The first-order valence-electron chi connectivity index (χ1n) is 9.61. The van der Waals surface area contributed by atoms with E-state index in [1.807, 2.05) is 31.2 Å². The summed E-state index contributed by atoms with van der Waals surface area (Å²) in [6, 6.07) is 7.88. The number of aliphatic imine (C=N–C) groups is 1. The van der Waals surface area contributed by atoms with Crippen molar-refractivity contribution in [3.05, 3.63) is 24.3 Å². The molecule has 2 N–H and O–H groups in total. The lowest BCUT2D eigenvalue weighted by Crippen LogP contribution is -2.42. The van der Waals surface area contributed by atoms with Gasteiger partial charge in [-0.1, -0.05) is 6.07 Å². The minimum atomic E-state index is -0.243. The van der Waals surface area contributed by atoms with Crippen molar-refractivity contribution in [2.24, 2.45) is 4.99 Å². The Balaban J connectivity index is 0.00000392. The summed E-state index contributed by atoms with van der Waals surface area (Å²) in [6.07, 6.45) is 2.58. The van der Waals surface area contributed by atoms with E-state index in [0.717, 1.165) is 56.4 Å². The zero-order valence-electron chi connectivity index (χ0n) is 17.2. The van der Waals surface area contributed by atoms with Crippen molar-refractivity contribution in [2.45, 2.75) is 31.8 Å². The molecule has 2 rings (SSSR count). The largest absolute Gasteiger partial charge is 0.493 e. The summed E-state index contributed by atoms with van der Waals surface area (Å²) in [5.41, 5.74) is 0.685. The van der Waals surface area contributed by atoms with E-state index in [0.29, 0.717) is 19.8 Å². The fourth-order valence-electron chi connectivity index (χ4n) is 2.89. The molecule has 8 heteroatoms. The molecule has 1 aliphatic heterocycles. The third-order valence-electron chi connectivity index (χ3n) is 4.56. The quantitative estimate of drug-likeness (QED) is 0.219. The highest BCUT2D eigenvalue weighted by atomic mass is 127.